The van der Waals surface area contributed by atoms with Crippen molar-refractivity contribution in [3.63, 3.8) is 0 Å². The van der Waals surface area contributed by atoms with E-state index < -0.39 is 10.0 Å². The fourth-order valence-electron chi connectivity index (χ4n) is 3.33. The SMILES string of the molecule is Cc1cc(C)c(C)c(S(=O)(=O)N[C@H]2CCCC[C@H]2C)c1C. The molecule has 1 aromatic carbocycles. The first-order valence-electron chi connectivity index (χ1n) is 7.83. The molecule has 0 heterocycles. The maximum Gasteiger partial charge on any atom is 0.241 e. The molecule has 0 unspecified atom stereocenters. The fraction of sp³-hybridized carbons (Fsp3) is 0.647. The second-order valence-corrected chi connectivity index (χ2v) is 8.23. The number of benzene rings is 1. The van der Waals surface area contributed by atoms with Crippen LogP contribution in [-0.4, -0.2) is 14.5 Å². The highest BCUT2D eigenvalue weighted by molar-refractivity contribution is 7.89. The van der Waals surface area contributed by atoms with Crippen molar-refractivity contribution in [2.45, 2.75) is 71.2 Å². The smallest absolute Gasteiger partial charge is 0.208 e. The minimum atomic E-state index is -3.45. The van der Waals surface area contributed by atoms with Crippen LogP contribution in [-0.2, 0) is 10.0 Å². The maximum atomic E-state index is 12.9. The van der Waals surface area contributed by atoms with Gasteiger partial charge in [-0.2, -0.15) is 0 Å². The van der Waals surface area contributed by atoms with E-state index in [0.717, 1.165) is 41.5 Å². The van der Waals surface area contributed by atoms with Crippen LogP contribution in [0.3, 0.4) is 0 Å². The number of hydrogen-bond donors (Lipinski definition) is 1. The summed E-state index contributed by atoms with van der Waals surface area (Å²) in [5.74, 6) is 0.417. The highest BCUT2D eigenvalue weighted by Gasteiger charge is 2.29. The van der Waals surface area contributed by atoms with Crippen LogP contribution in [0.1, 0.15) is 54.9 Å². The molecule has 0 aliphatic heterocycles. The molecule has 1 aromatic rings. The van der Waals surface area contributed by atoms with Crippen molar-refractivity contribution in [1.82, 2.24) is 4.72 Å². The lowest BCUT2D eigenvalue weighted by Crippen LogP contribution is -2.41. The largest absolute Gasteiger partial charge is 0.241 e. The summed E-state index contributed by atoms with van der Waals surface area (Å²) >= 11 is 0. The molecule has 0 radical (unpaired) electrons. The lowest BCUT2D eigenvalue weighted by atomic mass is 9.87. The van der Waals surface area contributed by atoms with E-state index in [2.05, 4.69) is 17.7 Å². The fourth-order valence-corrected chi connectivity index (χ4v) is 5.33. The molecular formula is C17H27NO2S. The maximum absolute atomic E-state index is 12.9. The molecular weight excluding hydrogens is 282 g/mol. The number of aryl methyl sites for hydroxylation is 2. The van der Waals surface area contributed by atoms with Crippen LogP contribution in [0.25, 0.3) is 0 Å². The second-order valence-electron chi connectivity index (χ2n) is 6.58. The molecule has 1 saturated carbocycles. The van der Waals surface area contributed by atoms with Gasteiger partial charge in [0.2, 0.25) is 10.0 Å². The predicted octanol–water partition coefficient (Wildman–Crippen LogP) is 3.78. The number of hydrogen-bond acceptors (Lipinski definition) is 2. The third-order valence-corrected chi connectivity index (χ3v) is 6.75. The third-order valence-electron chi connectivity index (χ3n) is 4.98. The van der Waals surface area contributed by atoms with Gasteiger partial charge >= 0.3 is 0 Å². The Balaban J connectivity index is 2.40. The number of sulfonamides is 1. The van der Waals surface area contributed by atoms with Crippen LogP contribution in [0.4, 0.5) is 0 Å². The molecule has 0 bridgehead atoms. The molecule has 2 rings (SSSR count). The van der Waals surface area contributed by atoms with Gasteiger partial charge in [0.1, 0.15) is 0 Å². The lowest BCUT2D eigenvalue weighted by Gasteiger charge is -2.30. The van der Waals surface area contributed by atoms with Crippen LogP contribution < -0.4 is 4.72 Å². The Hall–Kier alpha value is -0.870. The summed E-state index contributed by atoms with van der Waals surface area (Å²) in [5, 5.41) is 0. The van der Waals surface area contributed by atoms with Crippen molar-refractivity contribution < 1.29 is 8.42 Å². The molecule has 0 amide bonds. The van der Waals surface area contributed by atoms with Crippen molar-refractivity contribution in [1.29, 1.82) is 0 Å². The van der Waals surface area contributed by atoms with Crippen LogP contribution in [0, 0.1) is 33.6 Å². The topological polar surface area (TPSA) is 46.2 Å². The number of rotatable bonds is 3. The van der Waals surface area contributed by atoms with Gasteiger partial charge in [0.15, 0.2) is 0 Å². The average molecular weight is 309 g/mol. The Labute approximate surface area is 129 Å². The van der Waals surface area contributed by atoms with Crippen molar-refractivity contribution in [3.05, 3.63) is 28.3 Å². The summed E-state index contributed by atoms with van der Waals surface area (Å²) in [4.78, 5) is 0.484. The zero-order chi connectivity index (χ0) is 15.8. The van der Waals surface area contributed by atoms with Gasteiger partial charge in [-0.05, 0) is 68.7 Å². The molecule has 2 atom stereocenters. The summed E-state index contributed by atoms with van der Waals surface area (Å²) < 4.78 is 28.7. The van der Waals surface area contributed by atoms with Crippen LogP contribution in [0.5, 0.6) is 0 Å². The Morgan fingerprint density at radius 1 is 1.00 bits per heavy atom. The molecule has 0 saturated heterocycles. The van der Waals surface area contributed by atoms with E-state index in [0.29, 0.717) is 10.8 Å². The van der Waals surface area contributed by atoms with E-state index in [4.69, 9.17) is 0 Å². The molecule has 21 heavy (non-hydrogen) atoms. The van der Waals surface area contributed by atoms with E-state index >= 15 is 0 Å². The zero-order valence-electron chi connectivity index (χ0n) is 13.8. The Kier molecular flexibility index (Phi) is 4.79. The minimum Gasteiger partial charge on any atom is -0.208 e. The second kappa shape index (κ2) is 6.09. The van der Waals surface area contributed by atoms with Crippen molar-refractivity contribution in [3.8, 4) is 0 Å². The predicted molar refractivity (Wildman–Crippen MR) is 87.1 cm³/mol. The van der Waals surface area contributed by atoms with Gasteiger partial charge < -0.3 is 0 Å². The van der Waals surface area contributed by atoms with Gasteiger partial charge in [0, 0.05) is 6.04 Å². The molecule has 1 aliphatic rings. The van der Waals surface area contributed by atoms with Crippen LogP contribution in [0.2, 0.25) is 0 Å². The Morgan fingerprint density at radius 3 is 2.05 bits per heavy atom. The van der Waals surface area contributed by atoms with Gasteiger partial charge in [-0.3, -0.25) is 0 Å². The first-order chi connectivity index (χ1) is 9.74. The highest BCUT2D eigenvalue weighted by atomic mass is 32.2. The molecule has 1 fully saturated rings. The van der Waals surface area contributed by atoms with Gasteiger partial charge in [0.25, 0.3) is 0 Å². The van der Waals surface area contributed by atoms with Gasteiger partial charge in [-0.25, -0.2) is 13.1 Å². The van der Waals surface area contributed by atoms with Gasteiger partial charge in [0.05, 0.1) is 4.90 Å². The molecule has 4 heteroatoms. The zero-order valence-corrected chi connectivity index (χ0v) is 14.6. The highest BCUT2D eigenvalue weighted by Crippen LogP contribution is 2.29. The molecule has 0 aromatic heterocycles. The summed E-state index contributed by atoms with van der Waals surface area (Å²) in [5.41, 5.74) is 3.81. The third kappa shape index (κ3) is 3.32. The van der Waals surface area contributed by atoms with Crippen molar-refractivity contribution in [2.75, 3.05) is 0 Å². The van der Waals surface area contributed by atoms with E-state index in [1.54, 1.807) is 0 Å². The first kappa shape index (κ1) is 16.5. The van der Waals surface area contributed by atoms with Gasteiger partial charge in [-0.1, -0.05) is 25.8 Å². The monoisotopic (exact) mass is 309 g/mol. The normalized spacial score (nSPS) is 23.3. The Morgan fingerprint density at radius 2 is 1.52 bits per heavy atom. The minimum absolute atomic E-state index is 0.0726. The summed E-state index contributed by atoms with van der Waals surface area (Å²) in [6.07, 6.45) is 4.38. The van der Waals surface area contributed by atoms with E-state index in [-0.39, 0.29) is 6.04 Å². The van der Waals surface area contributed by atoms with E-state index in [1.165, 1.54) is 6.42 Å². The standard InChI is InChI=1S/C17H27NO2S/c1-11-8-6-7-9-16(11)18-21(19,20)17-14(4)12(2)10-13(3)15(17)5/h10-11,16,18H,6-9H2,1-5H3/t11-,16+/m1/s1. The molecule has 1 N–H and O–H groups in total. The first-order valence-corrected chi connectivity index (χ1v) is 9.32. The molecule has 1 aliphatic carbocycles. The summed E-state index contributed by atoms with van der Waals surface area (Å²) in [7, 11) is -3.45. The lowest BCUT2D eigenvalue weighted by molar-refractivity contribution is 0.310. The van der Waals surface area contributed by atoms with Gasteiger partial charge in [-0.15, -0.1) is 0 Å². The molecule has 0 spiro atoms. The molecule has 3 nitrogen and oxygen atoms in total. The molecule has 118 valence electrons. The van der Waals surface area contributed by atoms with E-state index in [1.807, 2.05) is 27.7 Å². The number of nitrogens with one attached hydrogen (secondary N) is 1. The summed E-state index contributed by atoms with van der Waals surface area (Å²) in [6, 6.07) is 2.13. The Bertz CT molecular complexity index is 608. The van der Waals surface area contributed by atoms with Crippen molar-refractivity contribution in [2.24, 2.45) is 5.92 Å². The quantitative estimate of drug-likeness (QED) is 0.923. The van der Waals surface area contributed by atoms with Crippen molar-refractivity contribution >= 4 is 10.0 Å². The van der Waals surface area contributed by atoms with Crippen LogP contribution >= 0.6 is 0 Å². The summed E-state index contributed by atoms with van der Waals surface area (Å²) in [6.45, 7) is 9.91. The average Bonchev–Trinajstić information content (AvgIpc) is 2.39. The van der Waals surface area contributed by atoms with Crippen LogP contribution in [0.15, 0.2) is 11.0 Å². The van der Waals surface area contributed by atoms with E-state index in [9.17, 15) is 8.42 Å².